The number of aromatic amines is 1. The molecule has 2 rings (SSSR count). The number of nitrogens with two attached hydrogens (primary N) is 1. The van der Waals surface area contributed by atoms with Crippen LogP contribution in [0, 0.1) is 5.92 Å². The molecule has 132 valence electrons. The number of H-pyrrole nitrogens is 1. The van der Waals surface area contributed by atoms with Crippen LogP contribution < -0.4 is 10.5 Å². The Hall–Kier alpha value is -1.16. The van der Waals surface area contributed by atoms with E-state index in [-0.39, 0.29) is 41.6 Å². The molecule has 0 saturated heterocycles. The quantitative estimate of drug-likeness (QED) is 0.639. The van der Waals surface area contributed by atoms with Crippen LogP contribution in [0.4, 0.5) is 0 Å². The highest BCUT2D eigenvalue weighted by atomic mass is 35.5. The summed E-state index contributed by atoms with van der Waals surface area (Å²) in [4.78, 5) is 11.8. The minimum atomic E-state index is -3.88. The fourth-order valence-electron chi connectivity index (χ4n) is 2.74. The normalized spacial score (nSPS) is 21.5. The number of esters is 1. The zero-order valence-corrected chi connectivity index (χ0v) is 14.6. The van der Waals surface area contributed by atoms with E-state index in [4.69, 9.17) is 10.5 Å². The Morgan fingerprint density at radius 1 is 1.48 bits per heavy atom. The average molecular weight is 367 g/mol. The average Bonchev–Trinajstić information content (AvgIpc) is 2.98. The molecule has 0 spiro atoms. The van der Waals surface area contributed by atoms with Crippen LogP contribution in [0.5, 0.6) is 0 Å². The lowest BCUT2D eigenvalue weighted by Gasteiger charge is -2.30. The second kappa shape index (κ2) is 8.62. The fourth-order valence-corrected chi connectivity index (χ4v) is 4.16. The van der Waals surface area contributed by atoms with E-state index in [0.29, 0.717) is 6.54 Å². The third kappa shape index (κ3) is 4.66. The lowest BCUT2D eigenvalue weighted by atomic mass is 9.85. The topological polar surface area (TPSA) is 127 Å². The first-order valence-electron chi connectivity index (χ1n) is 7.42. The van der Waals surface area contributed by atoms with Crippen LogP contribution in [-0.2, 0) is 14.8 Å². The molecule has 0 radical (unpaired) electrons. The molecule has 4 N–H and O–H groups in total. The summed E-state index contributed by atoms with van der Waals surface area (Å²) in [5.41, 5.74) is 5.63. The minimum absolute atomic E-state index is 0. The molecule has 2 atom stereocenters. The second-order valence-corrected chi connectivity index (χ2v) is 6.99. The third-order valence-electron chi connectivity index (χ3n) is 3.89. The zero-order valence-electron chi connectivity index (χ0n) is 12.9. The monoisotopic (exact) mass is 366 g/mol. The van der Waals surface area contributed by atoms with Crippen LogP contribution in [0.1, 0.15) is 43.0 Å². The minimum Gasteiger partial charge on any atom is -0.462 e. The van der Waals surface area contributed by atoms with Gasteiger partial charge in [0.2, 0.25) is 0 Å². The summed E-state index contributed by atoms with van der Waals surface area (Å²) in [7, 11) is -3.88. The number of hydrogen-bond donors (Lipinski definition) is 3. The highest BCUT2D eigenvalue weighted by molar-refractivity contribution is 7.89. The van der Waals surface area contributed by atoms with Crippen molar-refractivity contribution in [3.05, 3.63) is 11.8 Å². The molecule has 1 aromatic heterocycles. The van der Waals surface area contributed by atoms with Crippen molar-refractivity contribution in [3.8, 4) is 0 Å². The standard InChI is InChI=1S/C13H22N4O4S.ClH/c1-2-21-13(18)10-8-15-16-12(10)22(19,20)17-11-6-4-3-5-9(11)7-14;/h8-9,11,17H,2-7,14H2,1H3,(H,15,16);1H. The number of rotatable bonds is 6. The molecule has 0 amide bonds. The van der Waals surface area contributed by atoms with Gasteiger partial charge in [-0.25, -0.2) is 17.9 Å². The van der Waals surface area contributed by atoms with E-state index >= 15 is 0 Å². The van der Waals surface area contributed by atoms with Gasteiger partial charge >= 0.3 is 5.97 Å². The summed E-state index contributed by atoms with van der Waals surface area (Å²) in [6, 6.07) is -0.220. The van der Waals surface area contributed by atoms with Gasteiger partial charge in [0.25, 0.3) is 10.0 Å². The molecular weight excluding hydrogens is 344 g/mol. The van der Waals surface area contributed by atoms with Crippen molar-refractivity contribution < 1.29 is 17.9 Å². The molecule has 1 aromatic rings. The summed E-state index contributed by atoms with van der Waals surface area (Å²) in [5.74, 6) is -0.604. The van der Waals surface area contributed by atoms with Crippen molar-refractivity contribution in [1.29, 1.82) is 0 Å². The number of halogens is 1. The van der Waals surface area contributed by atoms with E-state index in [9.17, 15) is 13.2 Å². The highest BCUT2D eigenvalue weighted by Crippen LogP contribution is 2.25. The number of hydrogen-bond acceptors (Lipinski definition) is 6. The summed E-state index contributed by atoms with van der Waals surface area (Å²) in [5, 5.41) is 5.77. The summed E-state index contributed by atoms with van der Waals surface area (Å²) in [6.45, 7) is 2.24. The van der Waals surface area contributed by atoms with Gasteiger partial charge in [0.05, 0.1) is 12.8 Å². The first-order chi connectivity index (χ1) is 10.5. The number of ether oxygens (including phenoxy) is 1. The van der Waals surface area contributed by atoms with E-state index in [0.717, 1.165) is 31.9 Å². The molecule has 1 aliphatic carbocycles. The van der Waals surface area contributed by atoms with Crippen molar-refractivity contribution in [2.45, 2.75) is 43.7 Å². The molecule has 1 saturated carbocycles. The van der Waals surface area contributed by atoms with Gasteiger partial charge < -0.3 is 10.5 Å². The van der Waals surface area contributed by atoms with Gasteiger partial charge in [0.15, 0.2) is 5.03 Å². The maximum Gasteiger partial charge on any atom is 0.342 e. The Morgan fingerprint density at radius 3 is 2.83 bits per heavy atom. The van der Waals surface area contributed by atoms with Crippen molar-refractivity contribution in [1.82, 2.24) is 14.9 Å². The number of carbonyl (C=O) groups is 1. The number of nitrogens with zero attached hydrogens (tertiary/aromatic N) is 1. The summed E-state index contributed by atoms with van der Waals surface area (Å²) >= 11 is 0. The van der Waals surface area contributed by atoms with Gasteiger partial charge in [0, 0.05) is 6.04 Å². The number of nitrogens with one attached hydrogen (secondary N) is 2. The van der Waals surface area contributed by atoms with Crippen LogP contribution >= 0.6 is 12.4 Å². The lowest BCUT2D eigenvalue weighted by Crippen LogP contribution is -2.45. The number of carbonyl (C=O) groups excluding carboxylic acids is 1. The smallest absolute Gasteiger partial charge is 0.342 e. The molecule has 0 aliphatic heterocycles. The third-order valence-corrected chi connectivity index (χ3v) is 5.35. The van der Waals surface area contributed by atoms with Crippen LogP contribution in [0.25, 0.3) is 0 Å². The molecule has 1 aliphatic rings. The van der Waals surface area contributed by atoms with Gasteiger partial charge in [-0.1, -0.05) is 12.8 Å². The van der Waals surface area contributed by atoms with Gasteiger partial charge in [-0.2, -0.15) is 5.10 Å². The Kier molecular flexibility index (Phi) is 7.46. The Morgan fingerprint density at radius 2 is 2.17 bits per heavy atom. The van der Waals surface area contributed by atoms with Crippen LogP contribution in [0.3, 0.4) is 0 Å². The maximum atomic E-state index is 12.5. The lowest BCUT2D eigenvalue weighted by molar-refractivity contribution is 0.0521. The van der Waals surface area contributed by atoms with Gasteiger partial charge in [-0.15, -0.1) is 12.4 Å². The van der Waals surface area contributed by atoms with Gasteiger partial charge in [-0.3, -0.25) is 5.10 Å². The number of aromatic nitrogens is 2. The predicted molar refractivity (Wildman–Crippen MR) is 86.9 cm³/mol. The SMILES string of the molecule is CCOC(=O)c1cn[nH]c1S(=O)(=O)NC1CCCCC1CN.Cl. The van der Waals surface area contributed by atoms with Crippen LogP contribution in [-0.4, -0.2) is 43.8 Å². The molecule has 8 nitrogen and oxygen atoms in total. The Bertz CT molecular complexity index is 619. The molecule has 10 heteroatoms. The molecule has 0 bridgehead atoms. The van der Waals surface area contributed by atoms with Crippen LogP contribution in [0.15, 0.2) is 11.2 Å². The van der Waals surface area contributed by atoms with Crippen LogP contribution in [0.2, 0.25) is 0 Å². The van der Waals surface area contributed by atoms with Crippen molar-refractivity contribution >= 4 is 28.4 Å². The maximum absolute atomic E-state index is 12.5. The molecule has 1 fully saturated rings. The summed E-state index contributed by atoms with van der Waals surface area (Å²) < 4.78 is 32.5. The van der Waals surface area contributed by atoms with E-state index in [2.05, 4.69) is 14.9 Å². The predicted octanol–water partition coefficient (Wildman–Crippen LogP) is 0.804. The van der Waals surface area contributed by atoms with Crippen molar-refractivity contribution in [2.24, 2.45) is 11.7 Å². The second-order valence-electron chi connectivity index (χ2n) is 5.34. The summed E-state index contributed by atoms with van der Waals surface area (Å²) in [6.07, 6.45) is 4.81. The molecular formula is C13H23ClN4O4S. The van der Waals surface area contributed by atoms with Gasteiger partial charge in [-0.05, 0) is 32.2 Å². The van der Waals surface area contributed by atoms with E-state index in [1.807, 2.05) is 0 Å². The largest absolute Gasteiger partial charge is 0.462 e. The van der Waals surface area contributed by atoms with Gasteiger partial charge in [0.1, 0.15) is 5.56 Å². The fraction of sp³-hybridized carbons (Fsp3) is 0.692. The Balaban J connectivity index is 0.00000264. The zero-order chi connectivity index (χ0) is 16.2. The molecule has 1 heterocycles. The van der Waals surface area contributed by atoms with E-state index in [1.54, 1.807) is 6.92 Å². The molecule has 0 aromatic carbocycles. The molecule has 23 heavy (non-hydrogen) atoms. The highest BCUT2D eigenvalue weighted by Gasteiger charge is 2.32. The first kappa shape index (κ1) is 19.9. The molecule has 2 unspecified atom stereocenters. The van der Waals surface area contributed by atoms with Crippen molar-refractivity contribution in [2.75, 3.05) is 13.2 Å². The van der Waals surface area contributed by atoms with E-state index in [1.165, 1.54) is 0 Å². The first-order valence-corrected chi connectivity index (χ1v) is 8.90. The van der Waals surface area contributed by atoms with E-state index < -0.39 is 16.0 Å². The Labute approximate surface area is 142 Å². The number of sulfonamides is 1. The van der Waals surface area contributed by atoms with Crippen molar-refractivity contribution in [3.63, 3.8) is 0 Å².